The van der Waals surface area contributed by atoms with Gasteiger partial charge >= 0.3 is 12.0 Å². The predicted octanol–water partition coefficient (Wildman–Crippen LogP) is 2.12. The predicted molar refractivity (Wildman–Crippen MR) is 99.3 cm³/mol. The zero-order valence-corrected chi connectivity index (χ0v) is 15.2. The van der Waals surface area contributed by atoms with Gasteiger partial charge < -0.3 is 15.4 Å². The van der Waals surface area contributed by atoms with E-state index in [9.17, 15) is 14.4 Å². The van der Waals surface area contributed by atoms with Crippen molar-refractivity contribution < 1.29 is 19.1 Å². The van der Waals surface area contributed by atoms with Gasteiger partial charge in [-0.2, -0.15) is 0 Å². The molecule has 7 nitrogen and oxygen atoms in total. The number of benzene rings is 2. The molecule has 1 unspecified atom stereocenters. The van der Waals surface area contributed by atoms with Crippen LogP contribution < -0.4 is 5.73 Å². The summed E-state index contributed by atoms with van der Waals surface area (Å²) in [5.74, 6) is -1.13. The summed E-state index contributed by atoms with van der Waals surface area (Å²) in [7, 11) is 1.22. The van der Waals surface area contributed by atoms with E-state index in [1.54, 1.807) is 31.2 Å². The number of carbonyl (C=O) groups is 3. The van der Waals surface area contributed by atoms with Crippen LogP contribution in [0.4, 0.5) is 10.5 Å². The highest BCUT2D eigenvalue weighted by Crippen LogP contribution is 2.38. The van der Waals surface area contributed by atoms with E-state index in [-0.39, 0.29) is 6.54 Å². The first kappa shape index (κ1) is 18.4. The van der Waals surface area contributed by atoms with Gasteiger partial charge in [-0.15, -0.1) is 0 Å². The number of rotatable bonds is 5. The van der Waals surface area contributed by atoms with Gasteiger partial charge in [-0.05, 0) is 30.2 Å². The third-order valence-corrected chi connectivity index (χ3v) is 4.83. The maximum absolute atomic E-state index is 13.2. The van der Waals surface area contributed by atoms with Gasteiger partial charge in [-0.25, -0.2) is 4.79 Å². The fraction of sp³-hybridized carbons (Fsp3) is 0.250. The molecule has 3 amide bonds. The molecule has 1 atom stereocenters. The maximum Gasteiger partial charge on any atom is 0.328 e. The second-order valence-electron chi connectivity index (χ2n) is 6.52. The molecule has 2 aromatic rings. The molecule has 0 aliphatic carbocycles. The van der Waals surface area contributed by atoms with Crippen molar-refractivity contribution in [2.45, 2.75) is 19.0 Å². The van der Waals surface area contributed by atoms with Crippen molar-refractivity contribution >= 4 is 23.6 Å². The molecule has 2 aromatic carbocycles. The van der Waals surface area contributed by atoms with Crippen molar-refractivity contribution in [2.24, 2.45) is 0 Å². The van der Waals surface area contributed by atoms with Crippen molar-refractivity contribution in [1.82, 2.24) is 9.80 Å². The summed E-state index contributed by atoms with van der Waals surface area (Å²) in [6.07, 6.45) is 0. The Morgan fingerprint density at radius 3 is 2.30 bits per heavy atom. The quantitative estimate of drug-likeness (QED) is 0.496. The first-order chi connectivity index (χ1) is 12.9. The molecule has 0 spiro atoms. The Labute approximate surface area is 157 Å². The van der Waals surface area contributed by atoms with Crippen LogP contribution in [0, 0.1) is 0 Å². The molecule has 1 aliphatic heterocycles. The van der Waals surface area contributed by atoms with Crippen LogP contribution in [0.5, 0.6) is 0 Å². The molecule has 1 fully saturated rings. The lowest BCUT2D eigenvalue weighted by Gasteiger charge is -2.32. The molecule has 27 heavy (non-hydrogen) atoms. The van der Waals surface area contributed by atoms with Crippen molar-refractivity contribution in [1.29, 1.82) is 0 Å². The van der Waals surface area contributed by atoms with Gasteiger partial charge in [0.15, 0.2) is 0 Å². The highest BCUT2D eigenvalue weighted by Gasteiger charge is 2.55. The summed E-state index contributed by atoms with van der Waals surface area (Å²) >= 11 is 0. The Hall–Kier alpha value is -3.35. The number of hydrogen-bond acceptors (Lipinski definition) is 5. The molecular weight excluding hydrogens is 346 g/mol. The van der Waals surface area contributed by atoms with Crippen LogP contribution in [-0.4, -0.2) is 41.4 Å². The van der Waals surface area contributed by atoms with E-state index in [4.69, 9.17) is 5.73 Å². The number of hydrogen-bond donors (Lipinski definition) is 1. The molecule has 1 heterocycles. The number of ether oxygens (including phenoxy) is 1. The maximum atomic E-state index is 13.2. The Morgan fingerprint density at radius 2 is 1.70 bits per heavy atom. The van der Waals surface area contributed by atoms with Crippen LogP contribution in [0.3, 0.4) is 0 Å². The van der Waals surface area contributed by atoms with Gasteiger partial charge in [-0.3, -0.25) is 14.5 Å². The normalized spacial score (nSPS) is 19.5. The topological polar surface area (TPSA) is 92.9 Å². The average Bonchev–Trinajstić information content (AvgIpc) is 2.85. The van der Waals surface area contributed by atoms with E-state index in [2.05, 4.69) is 4.74 Å². The molecule has 3 rings (SSSR count). The SMILES string of the molecule is COC(=O)CN1C(=O)N(Cc2ccccc2)C(C)(c2ccc(N)cc2)C1=O. The summed E-state index contributed by atoms with van der Waals surface area (Å²) in [4.78, 5) is 40.3. The van der Waals surface area contributed by atoms with E-state index in [1.807, 2.05) is 30.3 Å². The highest BCUT2D eigenvalue weighted by atomic mass is 16.5. The van der Waals surface area contributed by atoms with Crippen LogP contribution >= 0.6 is 0 Å². The second kappa shape index (κ2) is 7.11. The molecule has 1 saturated heterocycles. The minimum Gasteiger partial charge on any atom is -0.468 e. The zero-order valence-electron chi connectivity index (χ0n) is 15.2. The van der Waals surface area contributed by atoms with Crippen LogP contribution in [0.25, 0.3) is 0 Å². The molecule has 0 radical (unpaired) electrons. The lowest BCUT2D eigenvalue weighted by atomic mass is 9.89. The van der Waals surface area contributed by atoms with Gasteiger partial charge in [0.25, 0.3) is 5.91 Å². The van der Waals surface area contributed by atoms with Gasteiger partial charge in [0, 0.05) is 12.2 Å². The van der Waals surface area contributed by atoms with Crippen LogP contribution in [-0.2, 0) is 26.4 Å². The van der Waals surface area contributed by atoms with Gasteiger partial charge in [-0.1, -0.05) is 42.5 Å². The summed E-state index contributed by atoms with van der Waals surface area (Å²) < 4.78 is 4.63. The van der Waals surface area contributed by atoms with Gasteiger partial charge in [0.1, 0.15) is 12.1 Å². The molecule has 2 N–H and O–H groups in total. The summed E-state index contributed by atoms with van der Waals surface area (Å²) in [5, 5.41) is 0. The lowest BCUT2D eigenvalue weighted by Crippen LogP contribution is -2.44. The van der Waals surface area contributed by atoms with Crippen LogP contribution in [0.15, 0.2) is 54.6 Å². The number of urea groups is 1. The molecular formula is C20H21N3O4. The smallest absolute Gasteiger partial charge is 0.328 e. The minimum atomic E-state index is -1.26. The van der Waals surface area contributed by atoms with Crippen LogP contribution in [0.2, 0.25) is 0 Å². The van der Waals surface area contributed by atoms with Crippen molar-refractivity contribution in [3.05, 3.63) is 65.7 Å². The first-order valence-corrected chi connectivity index (χ1v) is 8.48. The first-order valence-electron chi connectivity index (χ1n) is 8.48. The Bertz CT molecular complexity index is 867. The standard InChI is InChI=1S/C20H21N3O4/c1-20(15-8-10-16(21)11-9-15)18(25)22(13-17(24)27-2)19(26)23(20)12-14-6-4-3-5-7-14/h3-11H,12-13,21H2,1-2H3. The highest BCUT2D eigenvalue weighted by molar-refractivity contribution is 6.08. The van der Waals surface area contributed by atoms with E-state index < -0.39 is 30.0 Å². The van der Waals surface area contributed by atoms with E-state index >= 15 is 0 Å². The molecule has 140 valence electrons. The Balaban J connectivity index is 2.04. The van der Waals surface area contributed by atoms with Crippen molar-refractivity contribution in [3.63, 3.8) is 0 Å². The second-order valence-corrected chi connectivity index (χ2v) is 6.52. The third-order valence-electron chi connectivity index (χ3n) is 4.83. The number of anilines is 1. The molecule has 0 bridgehead atoms. The number of amides is 3. The number of carbonyl (C=O) groups excluding carboxylic acids is 3. The van der Waals surface area contributed by atoms with Gasteiger partial charge in [0.2, 0.25) is 0 Å². The van der Waals surface area contributed by atoms with E-state index in [0.717, 1.165) is 10.5 Å². The monoisotopic (exact) mass is 367 g/mol. The number of nitrogen functional groups attached to an aromatic ring is 1. The average molecular weight is 367 g/mol. The minimum absolute atomic E-state index is 0.226. The van der Waals surface area contributed by atoms with Crippen molar-refractivity contribution in [3.8, 4) is 0 Å². The van der Waals surface area contributed by atoms with E-state index in [0.29, 0.717) is 11.3 Å². The molecule has 0 aromatic heterocycles. The molecule has 0 saturated carbocycles. The van der Waals surface area contributed by atoms with Crippen molar-refractivity contribution in [2.75, 3.05) is 19.4 Å². The number of nitrogens with zero attached hydrogens (tertiary/aromatic N) is 2. The lowest BCUT2D eigenvalue weighted by molar-refractivity contribution is -0.145. The summed E-state index contributed by atoms with van der Waals surface area (Å²) in [6.45, 7) is 1.48. The number of esters is 1. The summed E-state index contributed by atoms with van der Waals surface area (Å²) in [6, 6.07) is 15.6. The zero-order chi connectivity index (χ0) is 19.6. The van der Waals surface area contributed by atoms with Crippen LogP contribution in [0.1, 0.15) is 18.1 Å². The fourth-order valence-corrected chi connectivity index (χ4v) is 3.21. The molecule has 7 heteroatoms. The molecule has 1 aliphatic rings. The third kappa shape index (κ3) is 3.23. The largest absolute Gasteiger partial charge is 0.468 e. The number of imide groups is 1. The Morgan fingerprint density at radius 1 is 1.07 bits per heavy atom. The number of methoxy groups -OCH3 is 1. The summed E-state index contributed by atoms with van der Waals surface area (Å²) in [5.41, 5.74) is 6.56. The van der Waals surface area contributed by atoms with Gasteiger partial charge in [0.05, 0.1) is 7.11 Å². The van der Waals surface area contributed by atoms with E-state index in [1.165, 1.54) is 12.0 Å². The number of nitrogens with two attached hydrogens (primary N) is 1. The fourth-order valence-electron chi connectivity index (χ4n) is 3.21. The Kier molecular flexibility index (Phi) is 4.85.